The highest BCUT2D eigenvalue weighted by Crippen LogP contribution is 2.34. The van der Waals surface area contributed by atoms with Gasteiger partial charge in [-0.15, -0.1) is 0 Å². The first kappa shape index (κ1) is 13.3. The third-order valence-corrected chi connectivity index (χ3v) is 3.45. The Labute approximate surface area is 97.6 Å². The van der Waals surface area contributed by atoms with Gasteiger partial charge in [-0.25, -0.2) is 0 Å². The van der Waals surface area contributed by atoms with Gasteiger partial charge in [0.1, 0.15) is 11.5 Å². The number of aliphatic hydroxyl groups is 1. The third-order valence-electron chi connectivity index (χ3n) is 3.45. The lowest BCUT2D eigenvalue weighted by Crippen LogP contribution is -2.27. The van der Waals surface area contributed by atoms with E-state index in [0.717, 1.165) is 22.6 Å². The molecule has 3 N–H and O–H groups in total. The second kappa shape index (κ2) is 5.02. The predicted molar refractivity (Wildman–Crippen MR) is 65.3 cm³/mol. The SMILES string of the molecule is Cc1oc(C)c(C(O)C(CN)C(C)C)c1C. The lowest BCUT2D eigenvalue weighted by Gasteiger charge is -2.25. The fourth-order valence-corrected chi connectivity index (χ4v) is 2.22. The first-order valence-electron chi connectivity index (χ1n) is 5.84. The van der Waals surface area contributed by atoms with Crippen LogP contribution in [0.5, 0.6) is 0 Å². The van der Waals surface area contributed by atoms with Gasteiger partial charge in [-0.05, 0) is 38.8 Å². The summed E-state index contributed by atoms with van der Waals surface area (Å²) < 4.78 is 5.54. The molecule has 0 saturated carbocycles. The number of rotatable bonds is 4. The summed E-state index contributed by atoms with van der Waals surface area (Å²) in [7, 11) is 0. The largest absolute Gasteiger partial charge is 0.466 e. The molecule has 0 bridgehead atoms. The molecule has 16 heavy (non-hydrogen) atoms. The highest BCUT2D eigenvalue weighted by atomic mass is 16.3. The Bertz CT molecular complexity index is 355. The van der Waals surface area contributed by atoms with Crippen molar-refractivity contribution >= 4 is 0 Å². The summed E-state index contributed by atoms with van der Waals surface area (Å²) in [6, 6.07) is 0. The van der Waals surface area contributed by atoms with Gasteiger partial charge in [-0.2, -0.15) is 0 Å². The molecule has 1 aromatic rings. The monoisotopic (exact) mass is 225 g/mol. The van der Waals surface area contributed by atoms with Gasteiger partial charge in [0.15, 0.2) is 0 Å². The van der Waals surface area contributed by atoms with Gasteiger partial charge < -0.3 is 15.3 Å². The number of aliphatic hydroxyl groups excluding tert-OH is 1. The standard InChI is InChI=1S/C13H23NO2/c1-7(2)11(6-14)13(15)12-8(3)9(4)16-10(12)5/h7,11,13,15H,6,14H2,1-5H3. The maximum Gasteiger partial charge on any atom is 0.107 e. The van der Waals surface area contributed by atoms with E-state index in [4.69, 9.17) is 10.2 Å². The first-order chi connectivity index (χ1) is 7.40. The molecule has 3 nitrogen and oxygen atoms in total. The van der Waals surface area contributed by atoms with Gasteiger partial charge in [0.2, 0.25) is 0 Å². The molecule has 92 valence electrons. The van der Waals surface area contributed by atoms with E-state index < -0.39 is 6.10 Å². The van der Waals surface area contributed by atoms with E-state index in [2.05, 4.69) is 13.8 Å². The van der Waals surface area contributed by atoms with E-state index in [9.17, 15) is 5.11 Å². The van der Waals surface area contributed by atoms with Crippen LogP contribution in [0, 0.1) is 32.6 Å². The van der Waals surface area contributed by atoms with Crippen LogP contribution in [0.25, 0.3) is 0 Å². The second-order valence-corrected chi connectivity index (χ2v) is 4.84. The molecule has 0 aliphatic heterocycles. The molecular weight excluding hydrogens is 202 g/mol. The molecule has 0 saturated heterocycles. The van der Waals surface area contributed by atoms with E-state index in [-0.39, 0.29) is 5.92 Å². The number of hydrogen-bond donors (Lipinski definition) is 2. The molecule has 1 heterocycles. The van der Waals surface area contributed by atoms with Crippen LogP contribution >= 0.6 is 0 Å². The predicted octanol–water partition coefficient (Wildman–Crippen LogP) is 2.47. The van der Waals surface area contributed by atoms with Crippen LogP contribution in [-0.2, 0) is 0 Å². The van der Waals surface area contributed by atoms with Crippen LogP contribution in [0.2, 0.25) is 0 Å². The van der Waals surface area contributed by atoms with E-state index in [1.165, 1.54) is 0 Å². The lowest BCUT2D eigenvalue weighted by atomic mass is 9.85. The highest BCUT2D eigenvalue weighted by molar-refractivity contribution is 5.33. The van der Waals surface area contributed by atoms with Gasteiger partial charge >= 0.3 is 0 Å². The number of hydrogen-bond acceptors (Lipinski definition) is 3. The quantitative estimate of drug-likeness (QED) is 0.827. The molecule has 0 amide bonds. The maximum absolute atomic E-state index is 10.4. The molecule has 0 spiro atoms. The Hall–Kier alpha value is -0.800. The summed E-state index contributed by atoms with van der Waals surface area (Å²) in [6.45, 7) is 10.5. The van der Waals surface area contributed by atoms with Crippen molar-refractivity contribution in [2.75, 3.05) is 6.54 Å². The average molecular weight is 225 g/mol. The third kappa shape index (κ3) is 2.30. The minimum absolute atomic E-state index is 0.0781. The van der Waals surface area contributed by atoms with Crippen LogP contribution in [-0.4, -0.2) is 11.7 Å². The molecule has 0 aliphatic carbocycles. The Kier molecular flexibility index (Phi) is 4.16. The molecule has 0 aliphatic rings. The van der Waals surface area contributed by atoms with E-state index in [0.29, 0.717) is 12.5 Å². The molecule has 2 atom stereocenters. The van der Waals surface area contributed by atoms with Crippen molar-refractivity contribution in [1.29, 1.82) is 0 Å². The van der Waals surface area contributed by atoms with Crippen LogP contribution in [0.15, 0.2) is 4.42 Å². The van der Waals surface area contributed by atoms with Crippen molar-refractivity contribution in [3.8, 4) is 0 Å². The van der Waals surface area contributed by atoms with Crippen molar-refractivity contribution in [3.05, 3.63) is 22.6 Å². The molecule has 0 radical (unpaired) electrons. The first-order valence-corrected chi connectivity index (χ1v) is 5.84. The summed E-state index contributed by atoms with van der Waals surface area (Å²) in [5.41, 5.74) is 7.69. The van der Waals surface area contributed by atoms with Gasteiger partial charge in [0.25, 0.3) is 0 Å². The summed E-state index contributed by atoms with van der Waals surface area (Å²) in [4.78, 5) is 0. The highest BCUT2D eigenvalue weighted by Gasteiger charge is 2.27. The summed E-state index contributed by atoms with van der Waals surface area (Å²) in [5.74, 6) is 2.12. The molecule has 3 heteroatoms. The van der Waals surface area contributed by atoms with Crippen LogP contribution in [0.3, 0.4) is 0 Å². The van der Waals surface area contributed by atoms with Gasteiger partial charge in [0, 0.05) is 11.5 Å². The number of aryl methyl sites for hydroxylation is 2. The van der Waals surface area contributed by atoms with Crippen LogP contribution in [0.1, 0.15) is 42.6 Å². The number of furan rings is 1. The summed E-state index contributed by atoms with van der Waals surface area (Å²) in [6.07, 6.45) is -0.526. The number of nitrogens with two attached hydrogens (primary N) is 1. The van der Waals surface area contributed by atoms with E-state index in [1.54, 1.807) is 0 Å². The zero-order chi connectivity index (χ0) is 12.5. The molecule has 1 aromatic heterocycles. The van der Waals surface area contributed by atoms with Crippen molar-refractivity contribution < 1.29 is 9.52 Å². The Morgan fingerprint density at radius 3 is 2.06 bits per heavy atom. The molecule has 1 rings (SSSR count). The zero-order valence-corrected chi connectivity index (χ0v) is 10.9. The van der Waals surface area contributed by atoms with Gasteiger partial charge in [-0.1, -0.05) is 13.8 Å². The van der Waals surface area contributed by atoms with Crippen LogP contribution in [0.4, 0.5) is 0 Å². The van der Waals surface area contributed by atoms with Crippen molar-refractivity contribution in [2.24, 2.45) is 17.6 Å². The molecule has 2 unspecified atom stereocenters. The Balaban J connectivity index is 3.07. The summed E-state index contributed by atoms with van der Waals surface area (Å²) in [5, 5.41) is 10.4. The fourth-order valence-electron chi connectivity index (χ4n) is 2.22. The van der Waals surface area contributed by atoms with Gasteiger partial charge in [0.05, 0.1) is 6.10 Å². The zero-order valence-electron chi connectivity index (χ0n) is 10.9. The average Bonchev–Trinajstić information content (AvgIpc) is 2.41. The minimum Gasteiger partial charge on any atom is -0.466 e. The lowest BCUT2D eigenvalue weighted by molar-refractivity contribution is 0.0843. The van der Waals surface area contributed by atoms with E-state index >= 15 is 0 Å². The molecular formula is C13H23NO2. The summed E-state index contributed by atoms with van der Waals surface area (Å²) >= 11 is 0. The normalized spacial score (nSPS) is 15.5. The maximum atomic E-state index is 10.4. The van der Waals surface area contributed by atoms with Crippen molar-refractivity contribution in [2.45, 2.75) is 40.7 Å². The molecule has 0 aromatic carbocycles. The van der Waals surface area contributed by atoms with Crippen molar-refractivity contribution in [1.82, 2.24) is 0 Å². The van der Waals surface area contributed by atoms with E-state index in [1.807, 2.05) is 20.8 Å². The van der Waals surface area contributed by atoms with Crippen LogP contribution < -0.4 is 5.73 Å². The minimum atomic E-state index is -0.526. The molecule has 0 fully saturated rings. The van der Waals surface area contributed by atoms with Gasteiger partial charge in [-0.3, -0.25) is 0 Å². The Morgan fingerprint density at radius 2 is 1.75 bits per heavy atom. The smallest absolute Gasteiger partial charge is 0.107 e. The second-order valence-electron chi connectivity index (χ2n) is 4.84. The Morgan fingerprint density at radius 1 is 1.19 bits per heavy atom. The fraction of sp³-hybridized carbons (Fsp3) is 0.692. The topological polar surface area (TPSA) is 59.4 Å². The van der Waals surface area contributed by atoms with Crippen molar-refractivity contribution in [3.63, 3.8) is 0 Å².